The summed E-state index contributed by atoms with van der Waals surface area (Å²) in [5, 5.41) is 7.66. The molecule has 4 fully saturated rings. The average Bonchev–Trinajstić information content (AvgIpc) is 3.43. The van der Waals surface area contributed by atoms with Gasteiger partial charge in [0.15, 0.2) is 11.9 Å². The molecule has 0 unspecified atom stereocenters. The summed E-state index contributed by atoms with van der Waals surface area (Å²) >= 11 is 0. The Labute approximate surface area is 201 Å². The molecule has 4 saturated carbocycles. The van der Waals surface area contributed by atoms with E-state index in [2.05, 4.69) is 60.3 Å². The minimum Gasteiger partial charge on any atom is -0.494 e. The van der Waals surface area contributed by atoms with E-state index in [1.807, 2.05) is 23.2 Å². The van der Waals surface area contributed by atoms with E-state index < -0.39 is 0 Å². The van der Waals surface area contributed by atoms with Crippen molar-refractivity contribution in [2.45, 2.75) is 70.3 Å². The third-order valence-corrected chi connectivity index (χ3v) is 8.32. The Balaban J connectivity index is 1.24. The number of nitrogens with zero attached hydrogens (tertiary/aromatic N) is 3. The predicted octanol–water partition coefficient (Wildman–Crippen LogP) is 5.38. The summed E-state index contributed by atoms with van der Waals surface area (Å²) in [6.45, 7) is 6.69. The van der Waals surface area contributed by atoms with Crippen LogP contribution in [0.3, 0.4) is 0 Å². The van der Waals surface area contributed by atoms with Gasteiger partial charge in [-0.1, -0.05) is 38.1 Å². The van der Waals surface area contributed by atoms with Crippen molar-refractivity contribution in [2.75, 3.05) is 7.11 Å². The molecule has 4 aliphatic rings. The summed E-state index contributed by atoms with van der Waals surface area (Å²) in [6, 6.07) is 10.6. The largest absolute Gasteiger partial charge is 0.494 e. The molecule has 4 aliphatic carbocycles. The number of nitrogens with one attached hydrogen (secondary N) is 2. The van der Waals surface area contributed by atoms with E-state index in [1.54, 1.807) is 7.11 Å². The van der Waals surface area contributed by atoms with E-state index in [0.29, 0.717) is 0 Å². The molecular formula is C28H36N5O+. The van der Waals surface area contributed by atoms with Crippen molar-refractivity contribution in [1.29, 1.82) is 0 Å². The molecule has 6 heteroatoms. The molecule has 0 spiro atoms. The van der Waals surface area contributed by atoms with Gasteiger partial charge in [-0.2, -0.15) is 0 Å². The zero-order chi connectivity index (χ0) is 23.5. The van der Waals surface area contributed by atoms with Crippen LogP contribution in [0.25, 0.3) is 17.1 Å². The quantitative estimate of drug-likeness (QED) is 0.398. The summed E-state index contributed by atoms with van der Waals surface area (Å²) < 4.78 is 7.63. The van der Waals surface area contributed by atoms with Crippen molar-refractivity contribution in [3.05, 3.63) is 47.8 Å². The van der Waals surface area contributed by atoms with Gasteiger partial charge >= 0.3 is 0 Å². The Bertz CT molecular complexity index is 1180. The van der Waals surface area contributed by atoms with Crippen LogP contribution in [0.1, 0.15) is 70.6 Å². The number of hydrogen-bond donors (Lipinski definition) is 2. The molecule has 7 rings (SSSR count). The summed E-state index contributed by atoms with van der Waals surface area (Å²) in [5.74, 6) is 3.48. The first-order chi connectivity index (χ1) is 16.3. The Morgan fingerprint density at radius 1 is 1.06 bits per heavy atom. The molecule has 1 aromatic carbocycles. The number of hydrogen-bond acceptors (Lipinski definition) is 3. The number of aromatic nitrogens is 4. The Kier molecular flexibility index (Phi) is 4.98. The van der Waals surface area contributed by atoms with Gasteiger partial charge in [0, 0.05) is 17.4 Å². The van der Waals surface area contributed by atoms with Gasteiger partial charge in [0.2, 0.25) is 0 Å². The highest BCUT2D eigenvalue weighted by atomic mass is 16.5. The standard InChI is InChI=1S/C28H35N5O/c1-27(2,3)21-5-7-22(8-6-21)33-17-25(31-32-33)23-12-26(34-4)24(30-23)16-29-28-13-18-9-19(14-28)11-20(10-18)15-28/h5-8,12,16-20H,9-11,13-15H2,1-4H3,(H,29,30)/p+1. The van der Waals surface area contributed by atoms with Crippen molar-refractivity contribution in [2.24, 2.45) is 22.7 Å². The summed E-state index contributed by atoms with van der Waals surface area (Å²) in [7, 11) is 1.72. The van der Waals surface area contributed by atoms with E-state index >= 15 is 0 Å². The molecule has 0 amide bonds. The monoisotopic (exact) mass is 458 g/mol. The number of ether oxygens (including phenoxy) is 1. The molecule has 34 heavy (non-hydrogen) atoms. The Morgan fingerprint density at radius 3 is 2.29 bits per heavy atom. The number of aliphatic imine (C=N–C) groups is 1. The highest BCUT2D eigenvalue weighted by Crippen LogP contribution is 2.57. The van der Waals surface area contributed by atoms with Gasteiger partial charge in [0.25, 0.3) is 5.69 Å². The lowest BCUT2D eigenvalue weighted by atomic mass is 9.53. The van der Waals surface area contributed by atoms with Gasteiger partial charge in [-0.05, 0) is 79.4 Å². The van der Waals surface area contributed by atoms with Gasteiger partial charge in [0.1, 0.15) is 11.4 Å². The first kappa shape index (κ1) is 21.6. The first-order valence-electron chi connectivity index (χ1n) is 12.7. The second-order valence-corrected chi connectivity index (χ2v) is 12.0. The molecule has 0 aliphatic heterocycles. The normalized spacial score (nSPS) is 28.2. The maximum absolute atomic E-state index is 5.69. The van der Waals surface area contributed by atoms with E-state index in [9.17, 15) is 0 Å². The fourth-order valence-corrected chi connectivity index (χ4v) is 6.95. The molecule has 2 aromatic heterocycles. The summed E-state index contributed by atoms with van der Waals surface area (Å²) in [4.78, 5) is 8.72. The Morgan fingerprint density at radius 2 is 1.71 bits per heavy atom. The van der Waals surface area contributed by atoms with Crippen LogP contribution in [0, 0.1) is 17.8 Å². The number of methoxy groups -OCH3 is 1. The predicted molar refractivity (Wildman–Crippen MR) is 134 cm³/mol. The lowest BCUT2D eigenvalue weighted by Crippen LogP contribution is -2.49. The smallest absolute Gasteiger partial charge is 0.265 e. The fourth-order valence-electron chi connectivity index (χ4n) is 6.95. The highest BCUT2D eigenvalue weighted by Gasteiger charge is 2.50. The molecule has 4 bridgehead atoms. The van der Waals surface area contributed by atoms with Gasteiger partial charge in [-0.15, -0.1) is 4.68 Å². The average molecular weight is 459 g/mol. The second kappa shape index (κ2) is 7.82. The lowest BCUT2D eigenvalue weighted by Gasteiger charge is -2.54. The van der Waals surface area contributed by atoms with Crippen LogP contribution in [0.2, 0.25) is 0 Å². The second-order valence-electron chi connectivity index (χ2n) is 12.0. The maximum atomic E-state index is 5.69. The zero-order valence-electron chi connectivity index (χ0n) is 20.8. The van der Waals surface area contributed by atoms with Crippen LogP contribution in [-0.2, 0) is 5.41 Å². The van der Waals surface area contributed by atoms with Crippen LogP contribution >= 0.6 is 0 Å². The van der Waals surface area contributed by atoms with Crippen molar-refractivity contribution in [3.63, 3.8) is 0 Å². The zero-order valence-corrected chi connectivity index (χ0v) is 20.8. The van der Waals surface area contributed by atoms with Crippen LogP contribution in [0.5, 0.6) is 5.75 Å². The molecule has 0 atom stereocenters. The van der Waals surface area contributed by atoms with Crippen LogP contribution in [-0.4, -0.2) is 34.2 Å². The number of rotatable bonds is 5. The minimum atomic E-state index is 0.136. The van der Waals surface area contributed by atoms with Crippen LogP contribution in [0.4, 0.5) is 0 Å². The summed E-state index contributed by atoms with van der Waals surface area (Å²) in [6.07, 6.45) is 12.1. The Hall–Kier alpha value is -2.89. The third kappa shape index (κ3) is 3.87. The van der Waals surface area contributed by atoms with Crippen molar-refractivity contribution >= 4 is 6.21 Å². The van der Waals surface area contributed by atoms with Gasteiger partial charge in [0.05, 0.1) is 18.3 Å². The van der Waals surface area contributed by atoms with Crippen molar-refractivity contribution in [3.8, 4) is 22.8 Å². The highest BCUT2D eigenvalue weighted by molar-refractivity contribution is 5.84. The first-order valence-corrected chi connectivity index (χ1v) is 12.7. The van der Waals surface area contributed by atoms with Gasteiger partial charge in [-0.3, -0.25) is 4.99 Å². The maximum Gasteiger partial charge on any atom is 0.265 e. The van der Waals surface area contributed by atoms with Gasteiger partial charge < -0.3 is 9.72 Å². The number of aromatic amines is 2. The fraction of sp³-hybridized carbons (Fsp3) is 0.536. The SMILES string of the molecule is COc1cc(-c2c[n+](-c3ccc(C(C)(C)C)cc3)[nH]n2)[nH]c1C=NC12CC3CC(CC(C3)C1)C2. The van der Waals surface area contributed by atoms with Crippen LogP contribution < -0.4 is 9.42 Å². The van der Waals surface area contributed by atoms with E-state index in [4.69, 9.17) is 9.73 Å². The molecule has 0 radical (unpaired) electrons. The van der Waals surface area contributed by atoms with Gasteiger partial charge in [-0.25, -0.2) is 0 Å². The number of benzene rings is 1. The third-order valence-electron chi connectivity index (χ3n) is 8.32. The minimum absolute atomic E-state index is 0.136. The molecule has 2 heterocycles. The molecule has 178 valence electrons. The molecule has 0 saturated heterocycles. The number of H-pyrrole nitrogens is 2. The van der Waals surface area contributed by atoms with Crippen molar-refractivity contribution < 1.29 is 9.42 Å². The van der Waals surface area contributed by atoms with Crippen molar-refractivity contribution in [1.82, 2.24) is 15.3 Å². The van der Waals surface area contributed by atoms with E-state index in [1.165, 1.54) is 44.1 Å². The molecule has 2 N–H and O–H groups in total. The molecule has 6 nitrogen and oxygen atoms in total. The molecule has 3 aromatic rings. The van der Waals surface area contributed by atoms with E-state index in [0.717, 1.165) is 46.3 Å². The van der Waals surface area contributed by atoms with Crippen LogP contribution in [0.15, 0.2) is 41.5 Å². The lowest BCUT2D eigenvalue weighted by molar-refractivity contribution is -0.659. The summed E-state index contributed by atoms with van der Waals surface area (Å²) in [5.41, 5.74) is 5.34. The molecular weight excluding hydrogens is 422 g/mol. The topological polar surface area (TPSA) is 69.9 Å². The van der Waals surface area contributed by atoms with E-state index in [-0.39, 0.29) is 11.0 Å².